The summed E-state index contributed by atoms with van der Waals surface area (Å²) in [5.41, 5.74) is 4.15. The van der Waals surface area contributed by atoms with Crippen molar-refractivity contribution >= 4 is 23.6 Å². The lowest BCUT2D eigenvalue weighted by atomic mass is 10.2. The van der Waals surface area contributed by atoms with Crippen LogP contribution in [0.15, 0.2) is 53.8 Å². The van der Waals surface area contributed by atoms with Crippen LogP contribution < -0.4 is 20.2 Å². The quantitative estimate of drug-likeness (QED) is 0.599. The van der Waals surface area contributed by atoms with E-state index in [1.165, 1.54) is 6.20 Å². The van der Waals surface area contributed by atoms with E-state index >= 15 is 0 Å². The Hall–Kier alpha value is -3.68. The molecule has 0 unspecified atom stereocenters. The third-order valence-electron chi connectivity index (χ3n) is 3.58. The molecular weight excluding hydrogens is 348 g/mol. The smallest absolute Gasteiger partial charge is 0.270 e. The minimum atomic E-state index is -0.435. The van der Waals surface area contributed by atoms with Crippen molar-refractivity contribution in [2.75, 3.05) is 13.3 Å². The molecule has 0 spiro atoms. The molecule has 2 amide bonds. The summed E-state index contributed by atoms with van der Waals surface area (Å²) in [6.07, 6.45) is 5.11. The molecule has 1 aromatic carbocycles. The molecule has 138 valence electrons. The number of hydrazone groups is 1. The SMILES string of the molecule is CC(/C=C/c1ccc2c(c1)OCO2)=N\NC(=O)CNC(=O)c1ccccn1. The Morgan fingerprint density at radius 2 is 2.07 bits per heavy atom. The van der Waals surface area contributed by atoms with Crippen LogP contribution in [0.2, 0.25) is 0 Å². The maximum atomic E-state index is 11.8. The molecule has 2 N–H and O–H groups in total. The molecule has 2 heterocycles. The highest BCUT2D eigenvalue weighted by Crippen LogP contribution is 2.32. The number of hydrogen-bond donors (Lipinski definition) is 2. The number of amides is 2. The van der Waals surface area contributed by atoms with Crippen molar-refractivity contribution in [3.05, 3.63) is 59.9 Å². The summed E-state index contributed by atoms with van der Waals surface area (Å²) in [6, 6.07) is 10.6. The number of rotatable bonds is 6. The van der Waals surface area contributed by atoms with E-state index < -0.39 is 11.8 Å². The third kappa shape index (κ3) is 5.15. The number of hydrogen-bond acceptors (Lipinski definition) is 6. The first kappa shape index (κ1) is 18.1. The summed E-state index contributed by atoms with van der Waals surface area (Å²) in [5, 5.41) is 6.45. The van der Waals surface area contributed by atoms with Crippen molar-refractivity contribution in [3.63, 3.8) is 0 Å². The van der Waals surface area contributed by atoms with Crippen LogP contribution in [0.25, 0.3) is 6.08 Å². The number of benzene rings is 1. The normalized spacial score (nSPS) is 12.9. The Labute approximate surface area is 155 Å². The molecule has 0 saturated carbocycles. The van der Waals surface area contributed by atoms with Gasteiger partial charge in [0.05, 0.1) is 12.3 Å². The zero-order chi connectivity index (χ0) is 19.1. The van der Waals surface area contributed by atoms with Gasteiger partial charge in [-0.15, -0.1) is 0 Å². The average Bonchev–Trinajstić information content (AvgIpc) is 3.17. The average molecular weight is 366 g/mol. The van der Waals surface area contributed by atoms with E-state index in [2.05, 4.69) is 20.8 Å². The van der Waals surface area contributed by atoms with Crippen LogP contribution in [0.1, 0.15) is 23.0 Å². The second kappa shape index (κ2) is 8.61. The Morgan fingerprint density at radius 1 is 1.22 bits per heavy atom. The van der Waals surface area contributed by atoms with E-state index in [1.54, 1.807) is 31.2 Å². The van der Waals surface area contributed by atoms with Crippen molar-refractivity contribution < 1.29 is 19.1 Å². The molecule has 0 fully saturated rings. The molecule has 27 heavy (non-hydrogen) atoms. The van der Waals surface area contributed by atoms with E-state index in [9.17, 15) is 9.59 Å². The number of aromatic nitrogens is 1. The van der Waals surface area contributed by atoms with Crippen LogP contribution in [0.4, 0.5) is 0 Å². The number of carbonyl (C=O) groups is 2. The topological polar surface area (TPSA) is 102 Å². The van der Waals surface area contributed by atoms with E-state index in [1.807, 2.05) is 24.3 Å². The molecular formula is C19H18N4O4. The van der Waals surface area contributed by atoms with E-state index in [0.717, 1.165) is 11.3 Å². The zero-order valence-electron chi connectivity index (χ0n) is 14.6. The number of pyridine rings is 1. The standard InChI is InChI=1S/C19H18N4O4/c1-13(5-6-14-7-8-16-17(10-14)27-12-26-16)22-23-18(24)11-21-19(25)15-4-2-3-9-20-15/h2-10H,11-12H2,1H3,(H,21,25)(H,23,24)/b6-5+,22-13+. The lowest BCUT2D eigenvalue weighted by Crippen LogP contribution is -2.35. The zero-order valence-corrected chi connectivity index (χ0v) is 14.6. The predicted molar refractivity (Wildman–Crippen MR) is 99.4 cm³/mol. The fraction of sp³-hybridized carbons (Fsp3) is 0.158. The molecule has 0 atom stereocenters. The molecule has 0 radical (unpaired) electrons. The van der Waals surface area contributed by atoms with Crippen LogP contribution in [0.3, 0.4) is 0 Å². The van der Waals surface area contributed by atoms with Gasteiger partial charge in [-0.2, -0.15) is 5.10 Å². The van der Waals surface area contributed by atoms with Crippen molar-refractivity contribution in [1.29, 1.82) is 0 Å². The number of ether oxygens (including phenoxy) is 2. The molecule has 1 aromatic heterocycles. The van der Waals surface area contributed by atoms with Gasteiger partial charge in [0.1, 0.15) is 5.69 Å². The molecule has 8 nitrogen and oxygen atoms in total. The number of nitrogens with one attached hydrogen (secondary N) is 2. The van der Waals surface area contributed by atoms with Gasteiger partial charge < -0.3 is 14.8 Å². The van der Waals surface area contributed by atoms with Gasteiger partial charge in [-0.1, -0.05) is 18.2 Å². The Morgan fingerprint density at radius 3 is 2.89 bits per heavy atom. The van der Waals surface area contributed by atoms with Crippen molar-refractivity contribution in [2.45, 2.75) is 6.92 Å². The van der Waals surface area contributed by atoms with E-state index in [-0.39, 0.29) is 19.0 Å². The first-order chi connectivity index (χ1) is 13.1. The van der Waals surface area contributed by atoms with Crippen LogP contribution >= 0.6 is 0 Å². The minimum absolute atomic E-state index is 0.196. The second-order valence-corrected chi connectivity index (χ2v) is 5.63. The van der Waals surface area contributed by atoms with Gasteiger partial charge in [0.2, 0.25) is 6.79 Å². The van der Waals surface area contributed by atoms with Gasteiger partial charge in [-0.25, -0.2) is 5.43 Å². The van der Waals surface area contributed by atoms with Crippen molar-refractivity contribution in [3.8, 4) is 11.5 Å². The molecule has 1 aliphatic rings. The van der Waals surface area contributed by atoms with Gasteiger partial charge in [0.25, 0.3) is 11.8 Å². The van der Waals surface area contributed by atoms with Crippen molar-refractivity contribution in [2.24, 2.45) is 5.10 Å². The molecule has 2 aromatic rings. The summed E-state index contributed by atoms with van der Waals surface area (Å²) in [4.78, 5) is 27.5. The number of allylic oxidation sites excluding steroid dienone is 1. The van der Waals surface area contributed by atoms with Crippen LogP contribution in [-0.2, 0) is 4.79 Å². The van der Waals surface area contributed by atoms with Crippen LogP contribution in [0, 0.1) is 0 Å². The van der Waals surface area contributed by atoms with E-state index in [0.29, 0.717) is 11.5 Å². The summed E-state index contributed by atoms with van der Waals surface area (Å²) < 4.78 is 10.6. The van der Waals surface area contributed by atoms with Gasteiger partial charge >= 0.3 is 0 Å². The molecule has 0 aliphatic carbocycles. The number of fused-ring (bicyclic) bond motifs is 1. The Balaban J connectivity index is 1.47. The number of carbonyl (C=O) groups excluding carboxylic acids is 2. The fourth-order valence-corrected chi connectivity index (χ4v) is 2.21. The lowest BCUT2D eigenvalue weighted by Gasteiger charge is -2.03. The van der Waals surface area contributed by atoms with Crippen molar-refractivity contribution in [1.82, 2.24) is 15.7 Å². The largest absolute Gasteiger partial charge is 0.454 e. The molecule has 8 heteroatoms. The summed E-state index contributed by atoms with van der Waals surface area (Å²) in [5.74, 6) is 0.561. The minimum Gasteiger partial charge on any atom is -0.454 e. The van der Waals surface area contributed by atoms with Gasteiger partial charge in [-0.3, -0.25) is 14.6 Å². The van der Waals surface area contributed by atoms with Crippen LogP contribution in [-0.4, -0.2) is 35.8 Å². The molecule has 1 aliphatic heterocycles. The lowest BCUT2D eigenvalue weighted by molar-refractivity contribution is -0.120. The Kier molecular flexibility index (Phi) is 5.78. The maximum absolute atomic E-state index is 11.8. The monoisotopic (exact) mass is 366 g/mol. The fourth-order valence-electron chi connectivity index (χ4n) is 2.21. The second-order valence-electron chi connectivity index (χ2n) is 5.63. The maximum Gasteiger partial charge on any atom is 0.270 e. The molecule has 3 rings (SSSR count). The van der Waals surface area contributed by atoms with Gasteiger partial charge in [0.15, 0.2) is 11.5 Å². The summed E-state index contributed by atoms with van der Waals surface area (Å²) >= 11 is 0. The highest BCUT2D eigenvalue weighted by atomic mass is 16.7. The number of nitrogens with zero attached hydrogens (tertiary/aromatic N) is 2. The molecule has 0 bridgehead atoms. The molecule has 0 saturated heterocycles. The van der Waals surface area contributed by atoms with Crippen LogP contribution in [0.5, 0.6) is 11.5 Å². The Bertz CT molecular complexity index is 894. The highest BCUT2D eigenvalue weighted by Gasteiger charge is 2.12. The first-order valence-electron chi connectivity index (χ1n) is 8.22. The predicted octanol–water partition coefficient (Wildman–Crippen LogP) is 1.75. The third-order valence-corrected chi connectivity index (χ3v) is 3.58. The summed E-state index contributed by atoms with van der Waals surface area (Å²) in [7, 11) is 0. The van der Waals surface area contributed by atoms with E-state index in [4.69, 9.17) is 9.47 Å². The summed E-state index contributed by atoms with van der Waals surface area (Å²) in [6.45, 7) is 1.78. The highest BCUT2D eigenvalue weighted by molar-refractivity contribution is 5.98. The first-order valence-corrected chi connectivity index (χ1v) is 8.22. The van der Waals surface area contributed by atoms with Gasteiger partial charge in [-0.05, 0) is 42.8 Å². The van der Waals surface area contributed by atoms with Gasteiger partial charge in [0, 0.05) is 6.20 Å².